The smallest absolute Gasteiger partial charge is 0.326 e. The number of carbonyl (C=O) groups excluding carboxylic acids is 3. The summed E-state index contributed by atoms with van der Waals surface area (Å²) in [6.45, 7) is 1.41. The molecule has 0 aliphatic heterocycles. The summed E-state index contributed by atoms with van der Waals surface area (Å²) < 4.78 is 15.3. The van der Waals surface area contributed by atoms with E-state index in [0.717, 1.165) is 5.56 Å². The van der Waals surface area contributed by atoms with Crippen LogP contribution in [-0.4, -0.2) is 44.7 Å². The maximum atomic E-state index is 12.3. The van der Waals surface area contributed by atoms with E-state index < -0.39 is 23.9 Å². The highest BCUT2D eigenvalue weighted by molar-refractivity contribution is 5.96. The number of ether oxygens (including phenoxy) is 3. The lowest BCUT2D eigenvalue weighted by Crippen LogP contribution is -2.38. The molecule has 8 heteroatoms. The minimum Gasteiger partial charge on any atom is -0.497 e. The van der Waals surface area contributed by atoms with E-state index in [-0.39, 0.29) is 12.1 Å². The van der Waals surface area contributed by atoms with E-state index in [2.05, 4.69) is 10.6 Å². The van der Waals surface area contributed by atoms with Gasteiger partial charge in [0.15, 0.2) is 6.10 Å². The Morgan fingerprint density at radius 2 is 1.55 bits per heavy atom. The van der Waals surface area contributed by atoms with E-state index in [9.17, 15) is 14.4 Å². The van der Waals surface area contributed by atoms with Gasteiger partial charge in [-0.05, 0) is 24.6 Å². The average Bonchev–Trinajstić information content (AvgIpc) is 2.75. The third-order valence-electron chi connectivity index (χ3n) is 3.99. The van der Waals surface area contributed by atoms with Gasteiger partial charge in [0.05, 0.1) is 14.2 Å². The SMILES string of the molecule is COc1cc(OC)cc(C(=O)NCC(=O)O[C@@H](C)C(=O)NCc2ccccc2)c1. The van der Waals surface area contributed by atoms with Crippen LogP contribution in [0, 0.1) is 0 Å². The highest BCUT2D eigenvalue weighted by atomic mass is 16.5. The van der Waals surface area contributed by atoms with Crippen molar-refractivity contribution < 1.29 is 28.6 Å². The number of methoxy groups -OCH3 is 2. The van der Waals surface area contributed by atoms with Gasteiger partial charge in [-0.15, -0.1) is 0 Å². The van der Waals surface area contributed by atoms with Gasteiger partial charge < -0.3 is 24.8 Å². The lowest BCUT2D eigenvalue weighted by molar-refractivity contribution is -0.153. The van der Waals surface area contributed by atoms with Crippen LogP contribution in [0.15, 0.2) is 48.5 Å². The van der Waals surface area contributed by atoms with Gasteiger partial charge in [-0.2, -0.15) is 0 Å². The van der Waals surface area contributed by atoms with Crippen LogP contribution < -0.4 is 20.1 Å². The minimum absolute atomic E-state index is 0.266. The van der Waals surface area contributed by atoms with Gasteiger partial charge in [-0.1, -0.05) is 30.3 Å². The topological polar surface area (TPSA) is 103 Å². The molecule has 2 aromatic carbocycles. The molecule has 0 unspecified atom stereocenters. The van der Waals surface area contributed by atoms with Crippen LogP contribution in [0.25, 0.3) is 0 Å². The molecule has 0 aromatic heterocycles. The zero-order chi connectivity index (χ0) is 21.2. The summed E-state index contributed by atoms with van der Waals surface area (Å²) in [4.78, 5) is 36.3. The summed E-state index contributed by atoms with van der Waals surface area (Å²) in [5.74, 6) is -0.761. The molecule has 0 aliphatic rings. The Kier molecular flexibility index (Phi) is 8.02. The fraction of sp³-hybridized carbons (Fsp3) is 0.286. The Morgan fingerprint density at radius 3 is 2.14 bits per heavy atom. The molecule has 29 heavy (non-hydrogen) atoms. The first-order chi connectivity index (χ1) is 13.9. The predicted octanol–water partition coefficient (Wildman–Crippen LogP) is 1.68. The van der Waals surface area contributed by atoms with Crippen molar-refractivity contribution in [2.45, 2.75) is 19.6 Å². The Labute approximate surface area is 169 Å². The van der Waals surface area contributed by atoms with Crippen molar-refractivity contribution in [3.63, 3.8) is 0 Å². The van der Waals surface area contributed by atoms with Crippen molar-refractivity contribution in [3.05, 3.63) is 59.7 Å². The number of rotatable bonds is 9. The van der Waals surface area contributed by atoms with Crippen LogP contribution in [-0.2, 0) is 20.9 Å². The standard InChI is InChI=1S/C21H24N2O6/c1-14(20(25)22-12-15-7-5-4-6-8-15)29-19(24)13-23-21(26)16-9-17(27-2)11-18(10-16)28-3/h4-11,14H,12-13H2,1-3H3,(H,22,25)(H,23,26)/t14-/m0/s1. The van der Waals surface area contributed by atoms with E-state index in [0.29, 0.717) is 18.0 Å². The third-order valence-corrected chi connectivity index (χ3v) is 3.99. The summed E-state index contributed by atoms with van der Waals surface area (Å²) in [7, 11) is 2.94. The summed E-state index contributed by atoms with van der Waals surface area (Å²) in [5, 5.41) is 5.14. The van der Waals surface area contributed by atoms with Gasteiger partial charge >= 0.3 is 5.97 Å². The molecule has 2 rings (SSSR count). The fourth-order valence-electron chi connectivity index (χ4n) is 2.41. The van der Waals surface area contributed by atoms with Crippen LogP contribution >= 0.6 is 0 Å². The van der Waals surface area contributed by atoms with E-state index in [1.807, 2.05) is 30.3 Å². The Hall–Kier alpha value is -3.55. The number of hydrogen-bond acceptors (Lipinski definition) is 6. The average molecular weight is 400 g/mol. The van der Waals surface area contributed by atoms with Crippen molar-refractivity contribution in [2.24, 2.45) is 0 Å². The number of benzene rings is 2. The number of esters is 1. The van der Waals surface area contributed by atoms with E-state index in [4.69, 9.17) is 14.2 Å². The Morgan fingerprint density at radius 1 is 0.931 bits per heavy atom. The van der Waals surface area contributed by atoms with Crippen molar-refractivity contribution in [1.29, 1.82) is 0 Å². The molecule has 2 amide bonds. The molecule has 0 heterocycles. The summed E-state index contributed by atoms with van der Waals surface area (Å²) >= 11 is 0. The predicted molar refractivity (Wildman–Crippen MR) is 106 cm³/mol. The van der Waals surface area contributed by atoms with Crippen LogP contribution in [0.3, 0.4) is 0 Å². The summed E-state index contributed by atoms with van der Waals surface area (Å²) in [5.41, 5.74) is 1.20. The van der Waals surface area contributed by atoms with E-state index in [1.54, 1.807) is 6.07 Å². The van der Waals surface area contributed by atoms with Crippen LogP contribution in [0.1, 0.15) is 22.8 Å². The lowest BCUT2D eigenvalue weighted by Gasteiger charge is -2.14. The van der Waals surface area contributed by atoms with Gasteiger partial charge in [0.1, 0.15) is 18.0 Å². The molecule has 0 radical (unpaired) electrons. The van der Waals surface area contributed by atoms with Gasteiger partial charge in [0.25, 0.3) is 11.8 Å². The molecular weight excluding hydrogens is 376 g/mol. The largest absolute Gasteiger partial charge is 0.497 e. The number of carbonyl (C=O) groups is 3. The molecule has 0 fully saturated rings. The molecule has 0 spiro atoms. The molecule has 0 bridgehead atoms. The third kappa shape index (κ3) is 6.84. The Balaban J connectivity index is 1.81. The Bertz CT molecular complexity index is 831. The van der Waals surface area contributed by atoms with Gasteiger partial charge in [-0.25, -0.2) is 0 Å². The molecule has 8 nitrogen and oxygen atoms in total. The maximum absolute atomic E-state index is 12.3. The molecule has 0 saturated carbocycles. The normalized spacial score (nSPS) is 11.1. The van der Waals surface area contributed by atoms with Crippen LogP contribution in [0.4, 0.5) is 0 Å². The molecule has 2 N–H and O–H groups in total. The fourth-order valence-corrected chi connectivity index (χ4v) is 2.41. The molecule has 0 saturated heterocycles. The molecule has 0 aliphatic carbocycles. The second kappa shape index (κ2) is 10.7. The van der Waals surface area contributed by atoms with Crippen molar-refractivity contribution in [2.75, 3.05) is 20.8 Å². The van der Waals surface area contributed by atoms with Crippen molar-refractivity contribution >= 4 is 17.8 Å². The van der Waals surface area contributed by atoms with E-state index >= 15 is 0 Å². The molecule has 1 atom stereocenters. The van der Waals surface area contributed by atoms with Crippen LogP contribution in [0.5, 0.6) is 11.5 Å². The number of amides is 2. The van der Waals surface area contributed by atoms with Crippen molar-refractivity contribution in [3.8, 4) is 11.5 Å². The van der Waals surface area contributed by atoms with Gasteiger partial charge in [0.2, 0.25) is 0 Å². The highest BCUT2D eigenvalue weighted by Crippen LogP contribution is 2.22. The zero-order valence-electron chi connectivity index (χ0n) is 16.6. The molecule has 154 valence electrons. The van der Waals surface area contributed by atoms with Gasteiger partial charge in [-0.3, -0.25) is 14.4 Å². The highest BCUT2D eigenvalue weighted by Gasteiger charge is 2.18. The molecule has 2 aromatic rings. The first kappa shape index (κ1) is 21.7. The monoisotopic (exact) mass is 400 g/mol. The first-order valence-electron chi connectivity index (χ1n) is 8.95. The lowest BCUT2D eigenvalue weighted by atomic mass is 10.2. The summed E-state index contributed by atoms with van der Waals surface area (Å²) in [6, 6.07) is 14.0. The quantitative estimate of drug-likeness (QED) is 0.621. The second-order valence-corrected chi connectivity index (χ2v) is 6.12. The van der Waals surface area contributed by atoms with Crippen molar-refractivity contribution in [1.82, 2.24) is 10.6 Å². The minimum atomic E-state index is -0.986. The first-order valence-corrected chi connectivity index (χ1v) is 8.95. The number of nitrogens with one attached hydrogen (secondary N) is 2. The number of hydrogen-bond donors (Lipinski definition) is 2. The second-order valence-electron chi connectivity index (χ2n) is 6.12. The zero-order valence-corrected chi connectivity index (χ0v) is 16.6. The van der Waals surface area contributed by atoms with Gasteiger partial charge in [0, 0.05) is 18.2 Å². The van der Waals surface area contributed by atoms with Crippen LogP contribution in [0.2, 0.25) is 0 Å². The van der Waals surface area contributed by atoms with E-state index in [1.165, 1.54) is 33.3 Å². The molecular formula is C21H24N2O6. The maximum Gasteiger partial charge on any atom is 0.326 e. The summed E-state index contributed by atoms with van der Waals surface area (Å²) in [6.07, 6.45) is -0.986.